The summed E-state index contributed by atoms with van der Waals surface area (Å²) in [5, 5.41) is 3.63. The van der Waals surface area contributed by atoms with Gasteiger partial charge in [-0.3, -0.25) is 0 Å². The van der Waals surface area contributed by atoms with Gasteiger partial charge in [0, 0.05) is 49.9 Å². The van der Waals surface area contributed by atoms with Gasteiger partial charge in [0.15, 0.2) is 5.82 Å². The zero-order valence-corrected chi connectivity index (χ0v) is 34.8. The highest BCUT2D eigenvalue weighted by molar-refractivity contribution is 6.10. The van der Waals surface area contributed by atoms with Crippen LogP contribution in [0.2, 0.25) is 0 Å². The molecule has 0 aliphatic rings. The Hall–Kier alpha value is -8.34. The van der Waals surface area contributed by atoms with Crippen LogP contribution < -0.4 is 0 Å². The highest BCUT2D eigenvalue weighted by atomic mass is 15.0. The monoisotopic (exact) mass is 806 g/mol. The zero-order valence-electron chi connectivity index (χ0n) is 34.8. The summed E-state index contributed by atoms with van der Waals surface area (Å²) in [6, 6.07) is 75.6. The van der Waals surface area contributed by atoms with Gasteiger partial charge in [0.05, 0.1) is 27.9 Å². The third kappa shape index (κ3) is 7.14. The number of rotatable bonds is 9. The smallest absolute Gasteiger partial charge is 0.160 e. The van der Waals surface area contributed by atoms with Crippen LogP contribution in [-0.2, 0) is 0 Å². The molecule has 298 valence electrons. The van der Waals surface area contributed by atoms with Crippen molar-refractivity contribution < 1.29 is 0 Å². The van der Waals surface area contributed by atoms with E-state index in [0.717, 1.165) is 61.6 Å². The summed E-state index contributed by atoms with van der Waals surface area (Å²) < 4.78 is 4.74. The number of hydrogen-bond acceptors (Lipinski definition) is 2. The Morgan fingerprint density at radius 3 is 1.67 bits per heavy atom. The molecule has 0 aliphatic carbocycles. The van der Waals surface area contributed by atoms with E-state index >= 15 is 0 Å². The van der Waals surface area contributed by atoms with Crippen LogP contribution in [-0.4, -0.2) is 19.1 Å². The summed E-state index contributed by atoms with van der Waals surface area (Å²) in [4.78, 5) is 10.3. The molecule has 11 aromatic rings. The Morgan fingerprint density at radius 2 is 0.952 bits per heavy atom. The van der Waals surface area contributed by atoms with Gasteiger partial charge >= 0.3 is 0 Å². The van der Waals surface area contributed by atoms with Crippen LogP contribution in [0.1, 0.15) is 12.6 Å². The first kappa shape index (κ1) is 37.6. The SMILES string of the molecule is C/C=C\C=C/c1cc2cc(-c3ccc4c5ccccc5n(-c5ccc(-c6ccccc6)cc5)c4c3)ccc2n1-c1cccc(-c2nc(-c3ccccc3)cc(-c3ccccc3)n2)c1. The molecule has 4 heteroatoms. The minimum absolute atomic E-state index is 0.682. The normalized spacial score (nSPS) is 11.8. The van der Waals surface area contributed by atoms with Crippen molar-refractivity contribution >= 4 is 38.8 Å². The topological polar surface area (TPSA) is 35.6 Å². The van der Waals surface area contributed by atoms with Crippen molar-refractivity contribution in [1.82, 2.24) is 19.1 Å². The first-order valence-corrected chi connectivity index (χ1v) is 21.4. The van der Waals surface area contributed by atoms with E-state index in [2.05, 4.69) is 234 Å². The predicted octanol–water partition coefficient (Wildman–Crippen LogP) is 15.4. The van der Waals surface area contributed by atoms with Gasteiger partial charge in [-0.2, -0.15) is 0 Å². The van der Waals surface area contributed by atoms with Gasteiger partial charge in [-0.15, -0.1) is 0 Å². The molecule has 11 rings (SSSR count). The Morgan fingerprint density at radius 1 is 0.365 bits per heavy atom. The van der Waals surface area contributed by atoms with E-state index in [9.17, 15) is 0 Å². The fraction of sp³-hybridized carbons (Fsp3) is 0.0169. The van der Waals surface area contributed by atoms with E-state index in [1.807, 2.05) is 19.1 Å². The molecule has 0 N–H and O–H groups in total. The molecule has 8 aromatic carbocycles. The first-order chi connectivity index (χ1) is 31.2. The molecular weight excluding hydrogens is 765 g/mol. The van der Waals surface area contributed by atoms with Crippen LogP contribution in [0.4, 0.5) is 0 Å². The lowest BCUT2D eigenvalue weighted by molar-refractivity contribution is 1.10. The summed E-state index contributed by atoms with van der Waals surface area (Å²) in [7, 11) is 0. The molecule has 0 radical (unpaired) electrons. The molecule has 0 amide bonds. The minimum atomic E-state index is 0.682. The van der Waals surface area contributed by atoms with Crippen molar-refractivity contribution in [2.45, 2.75) is 6.92 Å². The second kappa shape index (κ2) is 16.3. The Labute approximate surface area is 367 Å². The number of para-hydroxylation sites is 1. The number of allylic oxidation sites excluding steroid dienone is 3. The van der Waals surface area contributed by atoms with E-state index in [4.69, 9.17) is 9.97 Å². The largest absolute Gasteiger partial charge is 0.310 e. The third-order valence-corrected chi connectivity index (χ3v) is 11.9. The van der Waals surface area contributed by atoms with E-state index < -0.39 is 0 Å². The third-order valence-electron chi connectivity index (χ3n) is 11.9. The van der Waals surface area contributed by atoms with Gasteiger partial charge in [-0.1, -0.05) is 170 Å². The van der Waals surface area contributed by atoms with Gasteiger partial charge in [-0.05, 0) is 95.9 Å². The Kier molecular flexibility index (Phi) is 9.72. The fourth-order valence-electron chi connectivity index (χ4n) is 8.83. The average molecular weight is 807 g/mol. The van der Waals surface area contributed by atoms with Crippen LogP contribution in [0.15, 0.2) is 231 Å². The standard InChI is InChI=1S/C59H42N4/c1-2-3-7-24-50-38-48-36-45(46-30-34-53-52-26-14-15-27-57(52)63(58(53)39-46)49-32-28-42(29-33-49)41-17-8-4-9-18-41)31-35-56(48)62(50)51-25-16-23-47(37-51)59-60-54(43-19-10-5-11-20-43)40-55(61-59)44-21-12-6-13-22-44/h2-40H,1H3/b3-2-,24-7-. The summed E-state index contributed by atoms with van der Waals surface area (Å²) in [5.74, 6) is 0.682. The van der Waals surface area contributed by atoms with E-state index in [-0.39, 0.29) is 0 Å². The highest BCUT2D eigenvalue weighted by Gasteiger charge is 2.17. The summed E-state index contributed by atoms with van der Waals surface area (Å²) in [6.07, 6.45) is 8.41. The second-order valence-electron chi connectivity index (χ2n) is 15.8. The van der Waals surface area contributed by atoms with Crippen LogP contribution >= 0.6 is 0 Å². The van der Waals surface area contributed by atoms with E-state index in [1.165, 1.54) is 38.5 Å². The minimum Gasteiger partial charge on any atom is -0.310 e. The van der Waals surface area contributed by atoms with Gasteiger partial charge in [-0.25, -0.2) is 9.97 Å². The van der Waals surface area contributed by atoms with Crippen molar-refractivity contribution in [3.63, 3.8) is 0 Å². The lowest BCUT2D eigenvalue weighted by Crippen LogP contribution is -1.99. The number of aromatic nitrogens is 4. The van der Waals surface area contributed by atoms with Crippen LogP contribution in [0, 0.1) is 0 Å². The highest BCUT2D eigenvalue weighted by Crippen LogP contribution is 2.37. The Balaban J connectivity index is 1.01. The number of nitrogens with zero attached hydrogens (tertiary/aromatic N) is 4. The summed E-state index contributed by atoms with van der Waals surface area (Å²) >= 11 is 0. The molecular formula is C59H42N4. The average Bonchev–Trinajstić information content (AvgIpc) is 3.89. The maximum absolute atomic E-state index is 5.14. The predicted molar refractivity (Wildman–Crippen MR) is 264 cm³/mol. The summed E-state index contributed by atoms with van der Waals surface area (Å²) in [6.45, 7) is 2.04. The maximum Gasteiger partial charge on any atom is 0.160 e. The van der Waals surface area contributed by atoms with Gasteiger partial charge in [0.2, 0.25) is 0 Å². The number of hydrogen-bond donors (Lipinski definition) is 0. The molecule has 3 heterocycles. The fourth-order valence-corrected chi connectivity index (χ4v) is 8.83. The van der Waals surface area contributed by atoms with Crippen molar-refractivity contribution in [3.8, 4) is 67.5 Å². The Bertz CT molecular complexity index is 3430. The number of benzene rings is 8. The van der Waals surface area contributed by atoms with Gasteiger partial charge in [0.1, 0.15) is 0 Å². The summed E-state index contributed by atoms with van der Waals surface area (Å²) in [5.41, 5.74) is 16.3. The van der Waals surface area contributed by atoms with Crippen molar-refractivity contribution in [2.75, 3.05) is 0 Å². The van der Waals surface area contributed by atoms with Crippen molar-refractivity contribution in [2.24, 2.45) is 0 Å². The van der Waals surface area contributed by atoms with Crippen molar-refractivity contribution in [3.05, 3.63) is 236 Å². The van der Waals surface area contributed by atoms with E-state index in [0.29, 0.717) is 5.82 Å². The van der Waals surface area contributed by atoms with Crippen LogP contribution in [0.25, 0.3) is 106 Å². The molecule has 0 unspecified atom stereocenters. The molecule has 4 nitrogen and oxygen atoms in total. The molecule has 0 spiro atoms. The molecule has 3 aromatic heterocycles. The first-order valence-electron chi connectivity index (χ1n) is 21.4. The molecule has 0 aliphatic heterocycles. The molecule has 0 saturated heterocycles. The van der Waals surface area contributed by atoms with Crippen LogP contribution in [0.3, 0.4) is 0 Å². The lowest BCUT2D eigenvalue weighted by atomic mass is 10.0. The van der Waals surface area contributed by atoms with E-state index in [1.54, 1.807) is 0 Å². The lowest BCUT2D eigenvalue weighted by Gasteiger charge is -2.13. The molecule has 0 saturated carbocycles. The van der Waals surface area contributed by atoms with Gasteiger partial charge < -0.3 is 9.13 Å². The molecule has 0 fully saturated rings. The molecule has 0 bridgehead atoms. The van der Waals surface area contributed by atoms with Gasteiger partial charge in [0.25, 0.3) is 0 Å². The maximum atomic E-state index is 5.14. The molecule has 0 atom stereocenters. The van der Waals surface area contributed by atoms with Crippen LogP contribution in [0.5, 0.6) is 0 Å². The number of fused-ring (bicyclic) bond motifs is 4. The van der Waals surface area contributed by atoms with Crippen molar-refractivity contribution in [1.29, 1.82) is 0 Å². The molecule has 63 heavy (non-hydrogen) atoms. The zero-order chi connectivity index (χ0) is 42.1. The quantitative estimate of drug-likeness (QED) is 0.136. The second-order valence-corrected chi connectivity index (χ2v) is 15.8.